The summed E-state index contributed by atoms with van der Waals surface area (Å²) in [4.78, 5) is 77.0. The van der Waals surface area contributed by atoms with E-state index in [1.807, 2.05) is 0 Å². The fraction of sp³-hybridized carbons (Fsp3) is 0.356. The maximum Gasteiger partial charge on any atom is 0.343 e. The molecule has 14 nitrogen and oxygen atoms in total. The molecule has 332 valence electrons. The van der Waals surface area contributed by atoms with Gasteiger partial charge in [-0.1, -0.05) is 21.3 Å². The van der Waals surface area contributed by atoms with Crippen molar-refractivity contribution in [2.75, 3.05) is 11.6 Å². The molecule has 4 aliphatic rings. The normalized spacial score (nSPS) is 18.9. The van der Waals surface area contributed by atoms with Crippen LogP contribution in [0.2, 0.25) is 0 Å². The summed E-state index contributed by atoms with van der Waals surface area (Å²) in [6.07, 6.45) is 0.435. The Balaban J connectivity index is 0.000000172. The van der Waals surface area contributed by atoms with Gasteiger partial charge in [0.25, 0.3) is 11.1 Å². The van der Waals surface area contributed by atoms with Crippen molar-refractivity contribution in [3.8, 4) is 11.4 Å². The third-order valence-corrected chi connectivity index (χ3v) is 12.4. The molecule has 7 heterocycles. The number of ether oxygens (including phenoxy) is 2. The predicted octanol–water partition coefficient (Wildman–Crippen LogP) is 6.13. The first-order valence-corrected chi connectivity index (χ1v) is 20.6. The highest BCUT2D eigenvalue weighted by atomic mass is 35.5. The van der Waals surface area contributed by atoms with Gasteiger partial charge >= 0.3 is 11.9 Å². The largest absolute Gasteiger partial charge is 0.458 e. The number of nitrogen functional groups attached to an aromatic ring is 1. The molecule has 5 aromatic rings. The van der Waals surface area contributed by atoms with Crippen molar-refractivity contribution >= 4 is 63.3 Å². The van der Waals surface area contributed by atoms with Gasteiger partial charge in [-0.2, -0.15) is 0 Å². The van der Waals surface area contributed by atoms with E-state index in [0.29, 0.717) is 34.6 Å². The number of fused-ring (bicyclic) bond motifs is 7. The molecule has 9 rings (SSSR count). The summed E-state index contributed by atoms with van der Waals surface area (Å²) in [5.41, 5.74) is 6.61. The molecule has 0 saturated heterocycles. The van der Waals surface area contributed by atoms with Gasteiger partial charge in [0.2, 0.25) is 0 Å². The molecule has 4 N–H and O–H groups in total. The first-order chi connectivity index (χ1) is 29.3. The molecule has 0 amide bonds. The zero-order valence-electron chi connectivity index (χ0n) is 33.9. The highest BCUT2D eigenvalue weighted by Gasteiger charge is 2.47. The van der Waals surface area contributed by atoms with Crippen LogP contribution in [-0.2, 0) is 62.4 Å². The molecule has 4 aliphatic heterocycles. The molecule has 0 aliphatic carbocycles. The average Bonchev–Trinajstić information content (AvgIpc) is 3.82. The lowest BCUT2D eigenvalue weighted by Crippen LogP contribution is -2.44. The van der Waals surface area contributed by atoms with E-state index in [4.69, 9.17) is 38.4 Å². The molecular weight excluding hydrogens is 865 g/mol. The van der Waals surface area contributed by atoms with E-state index < -0.39 is 29.0 Å². The lowest BCUT2D eigenvalue weighted by Gasteiger charge is -2.31. The van der Waals surface area contributed by atoms with E-state index >= 15 is 0 Å². The minimum absolute atomic E-state index is 0. The van der Waals surface area contributed by atoms with Crippen molar-refractivity contribution in [3.05, 3.63) is 125 Å². The Morgan fingerprint density at radius 2 is 1.35 bits per heavy atom. The van der Waals surface area contributed by atoms with E-state index in [2.05, 4.69) is 4.98 Å². The number of ketones is 2. The Hall–Kier alpha value is -5.81. The number of cyclic esters (lactones) is 2. The predicted molar refractivity (Wildman–Crippen MR) is 230 cm³/mol. The molecule has 0 unspecified atom stereocenters. The fourth-order valence-corrected chi connectivity index (χ4v) is 8.60. The number of hydrogen-bond acceptors (Lipinski definition) is 12. The smallest absolute Gasteiger partial charge is 0.343 e. The summed E-state index contributed by atoms with van der Waals surface area (Å²) in [6.45, 7) is 6.80. The maximum atomic E-state index is 14.2. The minimum atomic E-state index is -1.89. The Kier molecular flexibility index (Phi) is 12.9. The lowest BCUT2D eigenvalue weighted by molar-refractivity contribution is -0.172. The van der Waals surface area contributed by atoms with Gasteiger partial charge in [-0.25, -0.2) is 23.4 Å². The topological polar surface area (TPSA) is 210 Å². The number of anilines is 1. The van der Waals surface area contributed by atoms with Crippen LogP contribution in [0.3, 0.4) is 0 Å². The Morgan fingerprint density at radius 3 is 1.90 bits per heavy atom. The molecule has 2 aromatic carbocycles. The molecule has 0 spiro atoms. The molecule has 0 bridgehead atoms. The van der Waals surface area contributed by atoms with Crippen molar-refractivity contribution in [2.45, 2.75) is 97.8 Å². The van der Waals surface area contributed by atoms with Crippen LogP contribution in [0.1, 0.15) is 106 Å². The molecule has 18 heteroatoms. The van der Waals surface area contributed by atoms with E-state index in [-0.39, 0.29) is 126 Å². The molecule has 63 heavy (non-hydrogen) atoms. The number of halogens is 4. The van der Waals surface area contributed by atoms with Gasteiger partial charge in [0.05, 0.1) is 46.2 Å². The summed E-state index contributed by atoms with van der Waals surface area (Å²) in [5.74, 6) is -2.73. The van der Waals surface area contributed by atoms with Gasteiger partial charge < -0.3 is 34.6 Å². The first-order valence-electron chi connectivity index (χ1n) is 19.5. The molecule has 2 atom stereocenters. The SMILES string of the molecule is C.CC[C@@]1(O)C(=O)OCc2c1cc1n(c2=O)CCC1=O.CC[C@@]1(O)C(=O)OCc2c1cc1n(c2=O)Cc2c-1nc1cc(F)c(C)cc1c2CCl.Cc1cc(C(=O)CCl)c(N)cc1F. The quantitative estimate of drug-likeness (QED) is 0.0773. The van der Waals surface area contributed by atoms with Crippen LogP contribution < -0.4 is 16.9 Å². The standard InChI is InChI=1S/C22H18ClFN2O4.C13H13NO5.C9H9ClFNO.CH4/c1-3-22(29)15-5-18-19-13(8-26(18)20(27)14(15)9-30-21(22)28)12(7-23)11-4-10(2)16(24)6-17(11)25-19;1-2-13(18)8-5-9-10(15)3-4-14(9)11(16)7(8)6-19-12(13)17;1-5-2-6(9(13)4-10)8(12)3-7(5)11;/h4-6,29H,3,7-9H2,1-2H3;5,18H,2-4,6H2,1H3;2-3H,4,12H2,1H3;1H4/t22-;13-;;/m00../s1. The number of pyridine rings is 3. The van der Waals surface area contributed by atoms with Crippen molar-refractivity contribution in [3.63, 3.8) is 0 Å². The first kappa shape index (κ1) is 46.7. The second kappa shape index (κ2) is 17.4. The third-order valence-electron chi connectivity index (χ3n) is 11.9. The number of benzene rings is 2. The van der Waals surface area contributed by atoms with Crippen molar-refractivity contribution in [2.24, 2.45) is 0 Å². The second-order valence-electron chi connectivity index (χ2n) is 15.4. The summed E-state index contributed by atoms with van der Waals surface area (Å²) in [7, 11) is 0. The molecular formula is C45H44Cl2F2N4O10. The van der Waals surface area contributed by atoms with E-state index in [1.165, 1.54) is 22.8 Å². The number of esters is 2. The van der Waals surface area contributed by atoms with Gasteiger partial charge in [0.15, 0.2) is 22.8 Å². The summed E-state index contributed by atoms with van der Waals surface area (Å²) in [6, 6.07) is 8.73. The maximum absolute atomic E-state index is 14.2. The van der Waals surface area contributed by atoms with E-state index in [1.54, 1.807) is 44.4 Å². The highest BCUT2D eigenvalue weighted by molar-refractivity contribution is 6.31. The van der Waals surface area contributed by atoms with Crippen LogP contribution in [0.5, 0.6) is 0 Å². The molecule has 0 saturated carbocycles. The highest BCUT2D eigenvalue weighted by Crippen LogP contribution is 2.41. The van der Waals surface area contributed by atoms with Gasteiger partial charge in [-0.15, -0.1) is 23.2 Å². The number of rotatable bonds is 5. The average molecular weight is 910 g/mol. The number of nitrogens with two attached hydrogens (primary N) is 1. The lowest BCUT2D eigenvalue weighted by atomic mass is 9.86. The Labute approximate surface area is 369 Å². The Bertz CT molecular complexity index is 2920. The van der Waals surface area contributed by atoms with Crippen LogP contribution in [0, 0.1) is 25.5 Å². The number of Topliss-reactive ketones (excluding diaryl/α,β-unsaturated/α-hetero) is 2. The zero-order chi connectivity index (χ0) is 45.2. The summed E-state index contributed by atoms with van der Waals surface area (Å²) in [5, 5.41) is 22.1. The number of hydrogen-bond donors (Lipinski definition) is 3. The van der Waals surface area contributed by atoms with Crippen molar-refractivity contribution < 1.29 is 47.6 Å². The van der Waals surface area contributed by atoms with Crippen LogP contribution >= 0.6 is 23.2 Å². The van der Waals surface area contributed by atoms with Crippen molar-refractivity contribution in [1.82, 2.24) is 14.1 Å². The van der Waals surface area contributed by atoms with Gasteiger partial charge in [-0.05, 0) is 73.7 Å². The van der Waals surface area contributed by atoms with Crippen LogP contribution in [0.15, 0.2) is 46.0 Å². The molecule has 0 radical (unpaired) electrons. The van der Waals surface area contributed by atoms with Gasteiger partial charge in [0, 0.05) is 58.2 Å². The van der Waals surface area contributed by atoms with Gasteiger partial charge in [-0.3, -0.25) is 19.2 Å². The minimum Gasteiger partial charge on any atom is -0.458 e. The number of carbonyl (C=O) groups is 4. The number of carbonyl (C=O) groups excluding carboxylic acids is 4. The second-order valence-corrected chi connectivity index (χ2v) is 15.9. The zero-order valence-corrected chi connectivity index (χ0v) is 35.4. The number of nitrogens with zero attached hydrogens (tertiary/aromatic N) is 3. The van der Waals surface area contributed by atoms with Crippen LogP contribution in [0.4, 0.5) is 14.5 Å². The number of aliphatic hydroxyl groups is 2. The third kappa shape index (κ3) is 7.62. The summed E-state index contributed by atoms with van der Waals surface area (Å²) < 4.78 is 40.0. The number of alkyl halides is 2. The number of aromatic nitrogens is 3. The van der Waals surface area contributed by atoms with E-state index in [9.17, 15) is 47.8 Å². The Morgan fingerprint density at radius 1 is 0.810 bits per heavy atom. The molecule has 3 aromatic heterocycles. The number of aryl methyl sites for hydroxylation is 2. The van der Waals surface area contributed by atoms with Crippen LogP contribution in [-0.4, -0.2) is 53.7 Å². The van der Waals surface area contributed by atoms with E-state index in [0.717, 1.165) is 22.6 Å². The monoisotopic (exact) mass is 908 g/mol. The van der Waals surface area contributed by atoms with Crippen molar-refractivity contribution in [1.29, 1.82) is 0 Å². The van der Waals surface area contributed by atoms with Crippen LogP contribution in [0.25, 0.3) is 22.3 Å². The van der Waals surface area contributed by atoms with Gasteiger partial charge in [0.1, 0.15) is 24.8 Å². The fourth-order valence-electron chi connectivity index (χ4n) is 8.15. The molecule has 0 fully saturated rings. The summed E-state index contributed by atoms with van der Waals surface area (Å²) >= 11 is 11.6.